The van der Waals surface area contributed by atoms with E-state index in [9.17, 15) is 4.79 Å². The summed E-state index contributed by atoms with van der Waals surface area (Å²) >= 11 is 0. The van der Waals surface area contributed by atoms with Crippen molar-refractivity contribution in [2.24, 2.45) is 0 Å². The van der Waals surface area contributed by atoms with Gasteiger partial charge in [-0.25, -0.2) is 4.79 Å². The van der Waals surface area contributed by atoms with Gasteiger partial charge in [0, 0.05) is 6.54 Å². The fourth-order valence-corrected chi connectivity index (χ4v) is 1.33. The van der Waals surface area contributed by atoms with Crippen LogP contribution in [0.2, 0.25) is 0 Å². The van der Waals surface area contributed by atoms with E-state index in [-0.39, 0.29) is 18.0 Å². The first kappa shape index (κ1) is 15.7. The van der Waals surface area contributed by atoms with Crippen molar-refractivity contribution >= 4 is 18.4 Å². The van der Waals surface area contributed by atoms with Crippen LogP contribution < -0.4 is 4.74 Å². The Kier molecular flexibility index (Phi) is 7.34. The standard InChI is InChI=1S/C12H17NO3.ClH/c1-13(2)8-5-9-16-11-7-4-3-6-10(11)12(14)15;/h3-4,6-7H,5,8-9H2,1-2H3,(H,14,15);1H. The number of carboxylic acid groups (broad SMARTS) is 1. The first-order valence-electron chi connectivity index (χ1n) is 5.21. The molecule has 1 rings (SSSR count). The van der Waals surface area contributed by atoms with Crippen LogP contribution in [0.5, 0.6) is 5.75 Å². The molecule has 0 atom stereocenters. The quantitative estimate of drug-likeness (QED) is 0.796. The van der Waals surface area contributed by atoms with Crippen LogP contribution in [0.15, 0.2) is 24.3 Å². The largest absolute Gasteiger partial charge is 0.493 e. The van der Waals surface area contributed by atoms with Crippen LogP contribution in [0, 0.1) is 0 Å². The van der Waals surface area contributed by atoms with Gasteiger partial charge in [0.2, 0.25) is 0 Å². The molecule has 0 aliphatic heterocycles. The highest BCUT2D eigenvalue weighted by atomic mass is 35.5. The molecule has 0 bridgehead atoms. The molecule has 0 heterocycles. The van der Waals surface area contributed by atoms with Crippen molar-refractivity contribution in [1.82, 2.24) is 4.90 Å². The second-order valence-corrected chi connectivity index (χ2v) is 3.81. The smallest absolute Gasteiger partial charge is 0.339 e. The molecule has 0 unspecified atom stereocenters. The Labute approximate surface area is 108 Å². The lowest BCUT2D eigenvalue weighted by Crippen LogP contribution is -2.16. The first-order valence-corrected chi connectivity index (χ1v) is 5.21. The summed E-state index contributed by atoms with van der Waals surface area (Å²) < 4.78 is 5.44. The maximum Gasteiger partial charge on any atom is 0.339 e. The Hall–Kier alpha value is -1.26. The van der Waals surface area contributed by atoms with Crippen LogP contribution in [0.4, 0.5) is 0 Å². The minimum absolute atomic E-state index is 0. The Balaban J connectivity index is 0.00000256. The first-order chi connectivity index (χ1) is 7.61. The summed E-state index contributed by atoms with van der Waals surface area (Å²) in [5, 5.41) is 8.92. The number of carboxylic acids is 1. The highest BCUT2D eigenvalue weighted by Gasteiger charge is 2.09. The fraction of sp³-hybridized carbons (Fsp3) is 0.417. The van der Waals surface area contributed by atoms with E-state index in [1.807, 2.05) is 14.1 Å². The van der Waals surface area contributed by atoms with Crippen LogP contribution in [-0.4, -0.2) is 43.2 Å². The van der Waals surface area contributed by atoms with Crippen molar-refractivity contribution in [1.29, 1.82) is 0 Å². The molecule has 96 valence electrons. The molecular formula is C12H18ClNO3. The van der Waals surface area contributed by atoms with Gasteiger partial charge in [-0.3, -0.25) is 0 Å². The summed E-state index contributed by atoms with van der Waals surface area (Å²) in [5.41, 5.74) is 0.215. The summed E-state index contributed by atoms with van der Waals surface area (Å²) in [6.07, 6.45) is 0.876. The molecule has 0 spiro atoms. The maximum absolute atomic E-state index is 10.9. The lowest BCUT2D eigenvalue weighted by atomic mass is 10.2. The number of hydrogen-bond donors (Lipinski definition) is 1. The number of para-hydroxylation sites is 1. The normalized spacial score (nSPS) is 9.82. The van der Waals surface area contributed by atoms with Gasteiger partial charge in [0.05, 0.1) is 6.61 Å². The molecule has 1 aromatic carbocycles. The molecule has 0 fully saturated rings. The average Bonchev–Trinajstić information content (AvgIpc) is 2.24. The van der Waals surface area contributed by atoms with Crippen molar-refractivity contribution < 1.29 is 14.6 Å². The van der Waals surface area contributed by atoms with Gasteiger partial charge in [-0.15, -0.1) is 12.4 Å². The van der Waals surface area contributed by atoms with Gasteiger partial charge in [0.25, 0.3) is 0 Å². The Bertz CT molecular complexity index is 355. The Morgan fingerprint density at radius 1 is 1.35 bits per heavy atom. The second kappa shape index (κ2) is 7.92. The summed E-state index contributed by atoms with van der Waals surface area (Å²) in [5.74, 6) is -0.517. The van der Waals surface area contributed by atoms with Crippen molar-refractivity contribution in [3.05, 3.63) is 29.8 Å². The predicted molar refractivity (Wildman–Crippen MR) is 69.3 cm³/mol. The molecule has 0 aromatic heterocycles. The number of aromatic carboxylic acids is 1. The van der Waals surface area contributed by atoms with E-state index in [1.54, 1.807) is 24.3 Å². The topological polar surface area (TPSA) is 49.8 Å². The van der Waals surface area contributed by atoms with Gasteiger partial charge in [-0.1, -0.05) is 12.1 Å². The van der Waals surface area contributed by atoms with E-state index in [0.29, 0.717) is 12.4 Å². The van der Waals surface area contributed by atoms with Crippen molar-refractivity contribution in [2.45, 2.75) is 6.42 Å². The van der Waals surface area contributed by atoms with Crippen LogP contribution in [0.3, 0.4) is 0 Å². The molecule has 1 aromatic rings. The van der Waals surface area contributed by atoms with Crippen molar-refractivity contribution in [3.63, 3.8) is 0 Å². The lowest BCUT2D eigenvalue weighted by molar-refractivity contribution is 0.0692. The number of halogens is 1. The summed E-state index contributed by atoms with van der Waals surface area (Å²) in [4.78, 5) is 12.9. The van der Waals surface area contributed by atoms with Crippen LogP contribution >= 0.6 is 12.4 Å². The molecule has 4 nitrogen and oxygen atoms in total. The van der Waals surface area contributed by atoms with Crippen molar-refractivity contribution in [3.8, 4) is 5.75 Å². The molecule has 0 saturated heterocycles. The lowest BCUT2D eigenvalue weighted by Gasteiger charge is -2.11. The number of benzene rings is 1. The van der Waals surface area contributed by atoms with Gasteiger partial charge in [-0.05, 0) is 32.6 Å². The van der Waals surface area contributed by atoms with Crippen molar-refractivity contribution in [2.75, 3.05) is 27.2 Å². The SMILES string of the molecule is CN(C)CCCOc1ccccc1C(=O)O.Cl. The van der Waals surface area contributed by atoms with E-state index in [2.05, 4.69) is 4.90 Å². The van der Waals surface area contributed by atoms with E-state index in [4.69, 9.17) is 9.84 Å². The molecule has 0 radical (unpaired) electrons. The highest BCUT2D eigenvalue weighted by Crippen LogP contribution is 2.17. The van der Waals surface area contributed by atoms with Gasteiger partial charge in [0.15, 0.2) is 0 Å². The summed E-state index contributed by atoms with van der Waals surface area (Å²) in [6.45, 7) is 1.46. The molecule has 0 saturated carbocycles. The van der Waals surface area contributed by atoms with E-state index in [1.165, 1.54) is 0 Å². The number of rotatable bonds is 6. The zero-order chi connectivity index (χ0) is 12.0. The third-order valence-electron chi connectivity index (χ3n) is 2.12. The third-order valence-corrected chi connectivity index (χ3v) is 2.12. The molecular weight excluding hydrogens is 242 g/mol. The zero-order valence-electron chi connectivity index (χ0n) is 10.0. The average molecular weight is 260 g/mol. The third kappa shape index (κ3) is 5.56. The number of carbonyl (C=O) groups is 1. The number of ether oxygens (including phenoxy) is 1. The van der Waals surface area contributed by atoms with Gasteiger partial charge < -0.3 is 14.7 Å². The minimum atomic E-state index is -0.955. The summed E-state index contributed by atoms with van der Waals surface area (Å²) in [6, 6.07) is 6.69. The Morgan fingerprint density at radius 2 is 2.00 bits per heavy atom. The number of nitrogens with zero attached hydrogens (tertiary/aromatic N) is 1. The highest BCUT2D eigenvalue weighted by molar-refractivity contribution is 5.90. The van der Waals surface area contributed by atoms with Crippen LogP contribution in [-0.2, 0) is 0 Å². The van der Waals surface area contributed by atoms with E-state index in [0.717, 1.165) is 13.0 Å². The van der Waals surface area contributed by atoms with Gasteiger partial charge in [0.1, 0.15) is 11.3 Å². The van der Waals surface area contributed by atoms with Gasteiger partial charge in [-0.2, -0.15) is 0 Å². The zero-order valence-corrected chi connectivity index (χ0v) is 10.9. The molecule has 17 heavy (non-hydrogen) atoms. The van der Waals surface area contributed by atoms with Crippen LogP contribution in [0.25, 0.3) is 0 Å². The molecule has 1 N–H and O–H groups in total. The predicted octanol–water partition coefficient (Wildman–Crippen LogP) is 2.14. The minimum Gasteiger partial charge on any atom is -0.493 e. The molecule has 0 aliphatic carbocycles. The monoisotopic (exact) mass is 259 g/mol. The second-order valence-electron chi connectivity index (χ2n) is 3.81. The van der Waals surface area contributed by atoms with Gasteiger partial charge >= 0.3 is 5.97 Å². The fourth-order valence-electron chi connectivity index (χ4n) is 1.33. The molecule has 0 amide bonds. The molecule has 5 heteroatoms. The van der Waals surface area contributed by atoms with E-state index < -0.39 is 5.97 Å². The maximum atomic E-state index is 10.9. The number of hydrogen-bond acceptors (Lipinski definition) is 3. The Morgan fingerprint density at radius 3 is 2.59 bits per heavy atom. The van der Waals surface area contributed by atoms with Crippen LogP contribution in [0.1, 0.15) is 16.8 Å². The summed E-state index contributed by atoms with van der Waals surface area (Å²) in [7, 11) is 3.98. The molecule has 0 aliphatic rings. The van der Waals surface area contributed by atoms with E-state index >= 15 is 0 Å².